The van der Waals surface area contributed by atoms with Gasteiger partial charge in [0.1, 0.15) is 11.6 Å². The number of nitrogens with zero attached hydrogens (tertiary/aromatic N) is 1. The number of methoxy groups -OCH3 is 1. The number of benzene rings is 1. The molecule has 18 heavy (non-hydrogen) atoms. The van der Waals surface area contributed by atoms with Crippen LogP contribution in [-0.4, -0.2) is 31.2 Å². The predicted octanol–water partition coefficient (Wildman–Crippen LogP) is 2.02. The van der Waals surface area contributed by atoms with Crippen molar-refractivity contribution >= 4 is 16.6 Å². The minimum atomic E-state index is 0.467. The van der Waals surface area contributed by atoms with Gasteiger partial charge in [0, 0.05) is 29.6 Å². The zero-order valence-electron chi connectivity index (χ0n) is 10.4. The fourth-order valence-electron chi connectivity index (χ4n) is 2.44. The highest BCUT2D eigenvalue weighted by Crippen LogP contribution is 2.29. The van der Waals surface area contributed by atoms with Crippen molar-refractivity contribution in [2.24, 2.45) is 0 Å². The fraction of sp³-hybridized carbons (Fsp3) is 0.357. The highest BCUT2D eigenvalue weighted by molar-refractivity contribution is 5.95. The van der Waals surface area contributed by atoms with Crippen LogP contribution in [0.4, 0.5) is 5.82 Å². The first-order valence-corrected chi connectivity index (χ1v) is 6.27. The smallest absolute Gasteiger partial charge is 0.134 e. The topological polar surface area (TPSA) is 46.2 Å². The molecule has 0 aliphatic carbocycles. The average molecular weight is 243 g/mol. The largest absolute Gasteiger partial charge is 0.496 e. The first kappa shape index (κ1) is 11.3. The summed E-state index contributed by atoms with van der Waals surface area (Å²) in [5.74, 6) is 1.84. The van der Waals surface area contributed by atoms with Crippen molar-refractivity contribution in [3.8, 4) is 5.75 Å². The van der Waals surface area contributed by atoms with E-state index >= 15 is 0 Å². The maximum Gasteiger partial charge on any atom is 0.134 e. The third-order valence-corrected chi connectivity index (χ3v) is 3.39. The third-order valence-electron chi connectivity index (χ3n) is 3.39. The monoisotopic (exact) mass is 243 g/mol. The minimum Gasteiger partial charge on any atom is -0.496 e. The molecule has 1 aliphatic rings. The molecule has 3 rings (SSSR count). The van der Waals surface area contributed by atoms with E-state index in [0.29, 0.717) is 6.04 Å². The van der Waals surface area contributed by atoms with Crippen LogP contribution in [0.15, 0.2) is 30.5 Å². The van der Waals surface area contributed by atoms with Crippen molar-refractivity contribution in [2.45, 2.75) is 12.5 Å². The number of hydrogen-bond donors (Lipinski definition) is 2. The Morgan fingerprint density at radius 2 is 2.28 bits per heavy atom. The molecule has 1 aromatic heterocycles. The van der Waals surface area contributed by atoms with Crippen molar-refractivity contribution in [1.29, 1.82) is 0 Å². The Kier molecular flexibility index (Phi) is 3.02. The Morgan fingerprint density at radius 1 is 1.33 bits per heavy atom. The summed E-state index contributed by atoms with van der Waals surface area (Å²) >= 11 is 0. The number of hydrogen-bond acceptors (Lipinski definition) is 4. The van der Waals surface area contributed by atoms with Crippen LogP contribution >= 0.6 is 0 Å². The van der Waals surface area contributed by atoms with Gasteiger partial charge in [-0.1, -0.05) is 12.1 Å². The van der Waals surface area contributed by atoms with E-state index in [0.717, 1.165) is 41.9 Å². The van der Waals surface area contributed by atoms with Crippen molar-refractivity contribution in [3.05, 3.63) is 30.5 Å². The normalized spacial score (nSPS) is 19.1. The zero-order chi connectivity index (χ0) is 12.4. The van der Waals surface area contributed by atoms with Gasteiger partial charge < -0.3 is 15.4 Å². The first-order valence-electron chi connectivity index (χ1n) is 6.27. The van der Waals surface area contributed by atoms with Crippen LogP contribution in [-0.2, 0) is 0 Å². The summed E-state index contributed by atoms with van der Waals surface area (Å²) < 4.78 is 5.38. The second-order valence-electron chi connectivity index (χ2n) is 4.55. The molecule has 0 amide bonds. The van der Waals surface area contributed by atoms with Gasteiger partial charge in [-0.25, -0.2) is 4.98 Å². The molecular formula is C14H17N3O. The van der Waals surface area contributed by atoms with Crippen LogP contribution in [0.1, 0.15) is 6.42 Å². The van der Waals surface area contributed by atoms with Gasteiger partial charge in [0.05, 0.1) is 7.11 Å². The van der Waals surface area contributed by atoms with E-state index in [-0.39, 0.29) is 0 Å². The molecule has 1 aromatic carbocycles. The first-order chi connectivity index (χ1) is 8.88. The Morgan fingerprint density at radius 3 is 3.06 bits per heavy atom. The molecule has 0 bridgehead atoms. The predicted molar refractivity (Wildman–Crippen MR) is 73.2 cm³/mol. The van der Waals surface area contributed by atoms with E-state index in [9.17, 15) is 0 Å². The molecule has 2 aromatic rings. The average Bonchev–Trinajstić information content (AvgIpc) is 2.91. The Hall–Kier alpha value is -1.81. The number of rotatable bonds is 3. The Labute approximate surface area is 106 Å². The molecule has 4 nitrogen and oxygen atoms in total. The second-order valence-corrected chi connectivity index (χ2v) is 4.55. The lowest BCUT2D eigenvalue weighted by Gasteiger charge is -2.14. The van der Waals surface area contributed by atoms with Crippen molar-refractivity contribution in [3.63, 3.8) is 0 Å². The van der Waals surface area contributed by atoms with Crippen LogP contribution in [0.3, 0.4) is 0 Å². The number of fused-ring (bicyclic) bond motifs is 1. The summed E-state index contributed by atoms with van der Waals surface area (Å²) in [4.78, 5) is 4.45. The van der Waals surface area contributed by atoms with Crippen LogP contribution < -0.4 is 15.4 Å². The quantitative estimate of drug-likeness (QED) is 0.865. The zero-order valence-corrected chi connectivity index (χ0v) is 10.4. The molecular weight excluding hydrogens is 226 g/mol. The van der Waals surface area contributed by atoms with Gasteiger partial charge in [0.15, 0.2) is 0 Å². The highest BCUT2D eigenvalue weighted by Gasteiger charge is 2.15. The fourth-order valence-corrected chi connectivity index (χ4v) is 2.44. The highest BCUT2D eigenvalue weighted by atomic mass is 16.5. The number of nitrogens with one attached hydrogen (secondary N) is 2. The lowest BCUT2D eigenvalue weighted by Crippen LogP contribution is -2.22. The van der Waals surface area contributed by atoms with Crippen LogP contribution in [0.5, 0.6) is 5.75 Å². The lowest BCUT2D eigenvalue weighted by molar-refractivity contribution is 0.420. The van der Waals surface area contributed by atoms with Crippen molar-refractivity contribution in [1.82, 2.24) is 10.3 Å². The van der Waals surface area contributed by atoms with Gasteiger partial charge in [-0.3, -0.25) is 0 Å². The molecule has 1 aliphatic heterocycles. The van der Waals surface area contributed by atoms with E-state index in [1.165, 1.54) is 0 Å². The standard InChI is InChI=1S/C14H17N3O/c1-18-13-4-2-3-12-11(13)6-8-16-14(12)17-10-5-7-15-9-10/h2-4,6,8,10,15H,5,7,9H2,1H3,(H,16,17). The molecule has 2 N–H and O–H groups in total. The molecule has 0 spiro atoms. The van der Waals surface area contributed by atoms with Crippen LogP contribution in [0, 0.1) is 0 Å². The maximum absolute atomic E-state index is 5.38. The van der Waals surface area contributed by atoms with E-state index in [2.05, 4.69) is 21.7 Å². The third kappa shape index (κ3) is 1.99. The molecule has 4 heteroatoms. The molecule has 94 valence electrons. The van der Waals surface area contributed by atoms with E-state index in [4.69, 9.17) is 4.74 Å². The Bertz CT molecular complexity index is 550. The summed E-state index contributed by atoms with van der Waals surface area (Å²) in [7, 11) is 1.70. The number of aromatic nitrogens is 1. The van der Waals surface area contributed by atoms with Crippen molar-refractivity contribution < 1.29 is 4.74 Å². The maximum atomic E-state index is 5.38. The SMILES string of the molecule is COc1cccc2c(NC3CCNC3)nccc12. The van der Waals surface area contributed by atoms with Gasteiger partial charge in [0.2, 0.25) is 0 Å². The van der Waals surface area contributed by atoms with Gasteiger partial charge in [0.25, 0.3) is 0 Å². The van der Waals surface area contributed by atoms with E-state index < -0.39 is 0 Å². The summed E-state index contributed by atoms with van der Waals surface area (Å²) in [6.07, 6.45) is 2.97. The van der Waals surface area contributed by atoms with Crippen LogP contribution in [0.25, 0.3) is 10.8 Å². The summed E-state index contributed by atoms with van der Waals surface area (Å²) in [5, 5.41) is 9.07. The summed E-state index contributed by atoms with van der Waals surface area (Å²) in [5.41, 5.74) is 0. The molecule has 1 fully saturated rings. The lowest BCUT2D eigenvalue weighted by atomic mass is 10.1. The number of ether oxygens (including phenoxy) is 1. The van der Waals surface area contributed by atoms with Crippen LogP contribution in [0.2, 0.25) is 0 Å². The summed E-state index contributed by atoms with van der Waals surface area (Å²) in [6, 6.07) is 8.51. The number of pyridine rings is 1. The van der Waals surface area contributed by atoms with Gasteiger partial charge >= 0.3 is 0 Å². The van der Waals surface area contributed by atoms with Gasteiger partial charge in [-0.15, -0.1) is 0 Å². The van der Waals surface area contributed by atoms with Gasteiger partial charge in [-0.2, -0.15) is 0 Å². The Balaban J connectivity index is 2.01. The second kappa shape index (κ2) is 4.82. The van der Waals surface area contributed by atoms with E-state index in [1.807, 2.05) is 24.4 Å². The molecule has 1 unspecified atom stereocenters. The molecule has 0 saturated carbocycles. The van der Waals surface area contributed by atoms with Gasteiger partial charge in [-0.05, 0) is 25.1 Å². The molecule has 0 radical (unpaired) electrons. The molecule has 1 atom stereocenters. The van der Waals surface area contributed by atoms with Crippen molar-refractivity contribution in [2.75, 3.05) is 25.5 Å². The molecule has 1 saturated heterocycles. The summed E-state index contributed by atoms with van der Waals surface area (Å²) in [6.45, 7) is 2.08. The molecule has 2 heterocycles. The number of anilines is 1. The van der Waals surface area contributed by atoms with E-state index in [1.54, 1.807) is 7.11 Å². The minimum absolute atomic E-state index is 0.467.